The highest BCUT2D eigenvalue weighted by molar-refractivity contribution is 6.05. The van der Waals surface area contributed by atoms with Gasteiger partial charge in [-0.3, -0.25) is 4.79 Å². The van der Waals surface area contributed by atoms with Crippen LogP contribution < -0.4 is 21.3 Å². The molecule has 42 heavy (non-hydrogen) atoms. The summed E-state index contributed by atoms with van der Waals surface area (Å²) in [6.45, 7) is 6.90. The van der Waals surface area contributed by atoms with Gasteiger partial charge in [-0.15, -0.1) is 0 Å². The molecular weight excluding hydrogens is 545 g/mol. The Kier molecular flexibility index (Phi) is 7.99. The maximum atomic E-state index is 13.8. The Morgan fingerprint density at radius 1 is 1.07 bits per heavy atom. The second kappa shape index (κ2) is 11.6. The molecule has 1 atom stereocenters. The van der Waals surface area contributed by atoms with Crippen LogP contribution in [0.1, 0.15) is 39.7 Å². The van der Waals surface area contributed by atoms with Gasteiger partial charge in [0, 0.05) is 49.2 Å². The van der Waals surface area contributed by atoms with Crippen LogP contribution in [-0.4, -0.2) is 45.8 Å². The maximum Gasteiger partial charge on any atom is 0.416 e. The molecule has 0 spiro atoms. The Balaban J connectivity index is 1.43. The molecule has 0 aliphatic carbocycles. The van der Waals surface area contributed by atoms with Crippen molar-refractivity contribution in [1.82, 2.24) is 25.1 Å². The molecule has 0 saturated heterocycles. The van der Waals surface area contributed by atoms with Crippen LogP contribution in [0.2, 0.25) is 0 Å². The Morgan fingerprint density at radius 2 is 1.88 bits per heavy atom. The van der Waals surface area contributed by atoms with Crippen molar-refractivity contribution in [2.45, 2.75) is 26.9 Å². The molecule has 4 aromatic rings. The van der Waals surface area contributed by atoms with Crippen molar-refractivity contribution in [1.29, 1.82) is 0 Å². The zero-order valence-electron chi connectivity index (χ0n) is 23.6. The summed E-state index contributed by atoms with van der Waals surface area (Å²) in [6.07, 6.45) is -1.29. The second-order valence-electron chi connectivity index (χ2n) is 10.2. The van der Waals surface area contributed by atoms with E-state index in [-0.39, 0.29) is 11.5 Å². The van der Waals surface area contributed by atoms with Crippen molar-refractivity contribution in [3.63, 3.8) is 0 Å². The number of nitrogens with one attached hydrogen (secondary N) is 4. The zero-order chi connectivity index (χ0) is 30.0. The molecule has 1 amide bonds. The first kappa shape index (κ1) is 28.8. The lowest BCUT2D eigenvalue weighted by Crippen LogP contribution is -2.27. The van der Waals surface area contributed by atoms with E-state index >= 15 is 0 Å². The van der Waals surface area contributed by atoms with Crippen molar-refractivity contribution in [2.75, 3.05) is 36.1 Å². The SMILES string of the molecule is CNc1cc(-n2nc(C)cc2Nc2cc(NC(=O)c3cc(C4=CCNCC4C)cc(C(F)(F)F)c3)ccc2C)ncn1. The van der Waals surface area contributed by atoms with Gasteiger partial charge in [-0.05, 0) is 66.8 Å². The zero-order valence-corrected chi connectivity index (χ0v) is 23.6. The Hall–Kier alpha value is -4.71. The highest BCUT2D eigenvalue weighted by atomic mass is 19.4. The third-order valence-electron chi connectivity index (χ3n) is 7.02. The minimum Gasteiger partial charge on any atom is -0.373 e. The smallest absolute Gasteiger partial charge is 0.373 e. The summed E-state index contributed by atoms with van der Waals surface area (Å²) >= 11 is 0. The van der Waals surface area contributed by atoms with Crippen molar-refractivity contribution in [3.05, 3.63) is 88.9 Å². The molecular formula is C30H31F3N8O. The summed E-state index contributed by atoms with van der Waals surface area (Å²) in [5.74, 6) is 1.18. The molecule has 3 heterocycles. The van der Waals surface area contributed by atoms with Gasteiger partial charge in [0.2, 0.25) is 0 Å². The Bertz CT molecular complexity index is 1660. The number of carbonyl (C=O) groups excluding carboxylic acids is 1. The van der Waals surface area contributed by atoms with Gasteiger partial charge in [-0.25, -0.2) is 9.97 Å². The number of rotatable bonds is 7. The van der Waals surface area contributed by atoms with Crippen LogP contribution in [0.25, 0.3) is 11.4 Å². The predicted octanol–water partition coefficient (Wildman–Crippen LogP) is 5.96. The number of carbonyl (C=O) groups is 1. The minimum absolute atomic E-state index is 0.00752. The van der Waals surface area contributed by atoms with Crippen LogP contribution in [-0.2, 0) is 6.18 Å². The molecule has 0 saturated carbocycles. The number of benzene rings is 2. The first-order valence-electron chi connectivity index (χ1n) is 13.4. The van der Waals surface area contributed by atoms with Gasteiger partial charge < -0.3 is 21.3 Å². The molecule has 12 heteroatoms. The van der Waals surface area contributed by atoms with E-state index in [0.29, 0.717) is 47.5 Å². The van der Waals surface area contributed by atoms with Crippen LogP contribution in [0.3, 0.4) is 0 Å². The van der Waals surface area contributed by atoms with Crippen molar-refractivity contribution in [3.8, 4) is 5.82 Å². The molecule has 9 nitrogen and oxygen atoms in total. The summed E-state index contributed by atoms with van der Waals surface area (Å²) in [6, 6.07) is 12.4. The fourth-order valence-corrected chi connectivity index (χ4v) is 4.82. The quantitative estimate of drug-likeness (QED) is 0.215. The number of aromatic nitrogens is 4. The summed E-state index contributed by atoms with van der Waals surface area (Å²) in [4.78, 5) is 21.8. The van der Waals surface area contributed by atoms with Gasteiger partial charge in [-0.2, -0.15) is 23.0 Å². The highest BCUT2D eigenvalue weighted by Gasteiger charge is 2.32. The molecule has 0 radical (unpaired) electrons. The standard InChI is InChI=1S/C30H31F3N8O/c1-17-5-6-23(13-25(17)39-28-9-19(3)40-41(28)27-14-26(34-4)36-16-37-27)38-29(42)21-10-20(11-22(12-21)30(31,32)33)24-7-8-35-15-18(24)2/h5-7,9-14,16,18,35,39H,8,15H2,1-4H3,(H,38,42)(H,34,36,37). The van der Waals surface area contributed by atoms with E-state index in [4.69, 9.17) is 0 Å². The summed E-state index contributed by atoms with van der Waals surface area (Å²) in [5, 5.41) is 16.8. The van der Waals surface area contributed by atoms with Gasteiger partial charge in [-0.1, -0.05) is 19.1 Å². The predicted molar refractivity (Wildman–Crippen MR) is 157 cm³/mol. The van der Waals surface area contributed by atoms with Gasteiger partial charge in [0.25, 0.3) is 5.91 Å². The maximum absolute atomic E-state index is 13.8. The molecule has 218 valence electrons. The van der Waals surface area contributed by atoms with Crippen LogP contribution in [0.4, 0.5) is 36.2 Å². The number of hydrogen-bond acceptors (Lipinski definition) is 7. The van der Waals surface area contributed by atoms with Crippen molar-refractivity contribution < 1.29 is 18.0 Å². The van der Waals surface area contributed by atoms with E-state index in [2.05, 4.69) is 36.3 Å². The number of anilines is 4. The summed E-state index contributed by atoms with van der Waals surface area (Å²) < 4.78 is 43.1. The number of hydrogen-bond donors (Lipinski definition) is 4. The van der Waals surface area contributed by atoms with Crippen LogP contribution in [0.5, 0.6) is 0 Å². The van der Waals surface area contributed by atoms with E-state index < -0.39 is 17.6 Å². The van der Waals surface area contributed by atoms with Gasteiger partial charge in [0.1, 0.15) is 18.0 Å². The lowest BCUT2D eigenvalue weighted by Gasteiger charge is -2.23. The third kappa shape index (κ3) is 6.28. The Morgan fingerprint density at radius 3 is 2.62 bits per heavy atom. The van der Waals surface area contributed by atoms with Crippen LogP contribution >= 0.6 is 0 Å². The number of nitrogens with zero attached hydrogens (tertiary/aromatic N) is 4. The number of halogens is 3. The van der Waals surface area contributed by atoms with Crippen molar-refractivity contribution >= 4 is 34.5 Å². The summed E-state index contributed by atoms with van der Waals surface area (Å²) in [5.41, 5.74) is 2.97. The van der Waals surface area contributed by atoms with Crippen LogP contribution in [0, 0.1) is 19.8 Å². The molecule has 5 rings (SSSR count). The third-order valence-corrected chi connectivity index (χ3v) is 7.02. The van der Waals surface area contributed by atoms with E-state index in [9.17, 15) is 18.0 Å². The van der Waals surface area contributed by atoms with E-state index in [0.717, 1.165) is 29.0 Å². The van der Waals surface area contributed by atoms with E-state index in [1.165, 1.54) is 12.4 Å². The minimum atomic E-state index is -4.60. The second-order valence-corrected chi connectivity index (χ2v) is 10.2. The van der Waals surface area contributed by atoms with E-state index in [1.54, 1.807) is 29.9 Å². The number of amides is 1. The molecule has 1 aliphatic rings. The fourth-order valence-electron chi connectivity index (χ4n) is 4.82. The topological polar surface area (TPSA) is 109 Å². The van der Waals surface area contributed by atoms with Gasteiger partial charge >= 0.3 is 6.18 Å². The van der Waals surface area contributed by atoms with Gasteiger partial charge in [0.15, 0.2) is 5.82 Å². The summed E-state index contributed by atoms with van der Waals surface area (Å²) in [7, 11) is 1.76. The fraction of sp³-hybridized carbons (Fsp3) is 0.267. The first-order valence-corrected chi connectivity index (χ1v) is 13.4. The van der Waals surface area contributed by atoms with Crippen molar-refractivity contribution in [2.24, 2.45) is 5.92 Å². The monoisotopic (exact) mass is 576 g/mol. The lowest BCUT2D eigenvalue weighted by atomic mass is 9.89. The largest absolute Gasteiger partial charge is 0.416 e. The molecule has 1 aliphatic heterocycles. The average Bonchev–Trinajstić information content (AvgIpc) is 3.34. The Labute approximate surface area is 241 Å². The molecule has 1 unspecified atom stereocenters. The molecule has 0 bridgehead atoms. The number of aryl methyl sites for hydroxylation is 2. The lowest BCUT2D eigenvalue weighted by molar-refractivity contribution is -0.137. The number of alkyl halides is 3. The highest BCUT2D eigenvalue weighted by Crippen LogP contribution is 2.35. The molecule has 0 fully saturated rings. The molecule has 2 aromatic carbocycles. The first-order chi connectivity index (χ1) is 20.0. The van der Waals surface area contributed by atoms with Crippen LogP contribution in [0.15, 0.2) is 60.9 Å². The molecule has 2 aromatic heterocycles. The van der Waals surface area contributed by atoms with Gasteiger partial charge in [0.05, 0.1) is 11.3 Å². The average molecular weight is 577 g/mol. The van der Waals surface area contributed by atoms with E-state index in [1.807, 2.05) is 39.0 Å². The molecule has 4 N–H and O–H groups in total. The normalized spacial score (nSPS) is 15.2.